The fraction of sp³-hybridized carbons (Fsp3) is 0.167. The number of hydrogen-bond acceptors (Lipinski definition) is 1. The molecule has 86 valence electrons. The summed E-state index contributed by atoms with van der Waals surface area (Å²) in [5.74, 6) is 0. The van der Waals surface area contributed by atoms with Gasteiger partial charge in [0.1, 0.15) is 0 Å². The first-order valence-electron chi connectivity index (χ1n) is 4.76. The Morgan fingerprint density at radius 3 is 2.38 bits per heavy atom. The predicted molar refractivity (Wildman–Crippen MR) is 85.6 cm³/mol. The molecule has 1 aromatic heterocycles. The van der Waals surface area contributed by atoms with Crippen molar-refractivity contribution >= 4 is 53.2 Å². The maximum absolute atomic E-state index is 6.18. The van der Waals surface area contributed by atoms with Crippen LogP contribution in [0.5, 0.6) is 0 Å². The van der Waals surface area contributed by atoms with E-state index in [0.29, 0.717) is 0 Å². The van der Waals surface area contributed by atoms with Crippen LogP contribution in [-0.2, 0) is 0 Å². The Labute approximate surface area is 118 Å². The maximum atomic E-state index is 6.18. The molecule has 2 aromatic rings. The van der Waals surface area contributed by atoms with Crippen molar-refractivity contribution < 1.29 is 0 Å². The van der Waals surface area contributed by atoms with E-state index in [4.69, 9.17) is 11.6 Å². The molecule has 0 aliphatic carbocycles. The number of aryl methyl sites for hydroxylation is 2. The van der Waals surface area contributed by atoms with Crippen LogP contribution in [-0.4, -0.2) is 0 Å². The predicted octanol–water partition coefficient (Wildman–Crippen LogP) is 5.87. The molecule has 0 aliphatic heterocycles. The van der Waals surface area contributed by atoms with Gasteiger partial charge in [-0.1, -0.05) is 0 Å². The van der Waals surface area contributed by atoms with Crippen molar-refractivity contribution in [1.82, 2.24) is 0 Å². The molecule has 0 saturated heterocycles. The van der Waals surface area contributed by atoms with Crippen LogP contribution in [0.2, 0.25) is 5.02 Å². The molecule has 1 aromatic carbocycles. The number of hydrogen-bond donors (Lipinski definition) is 0. The Hall–Kier alpha value is 0.420. The van der Waals surface area contributed by atoms with Crippen molar-refractivity contribution in [3.8, 4) is 0 Å². The Kier molecular flexibility index (Phi) is 4.32. The number of rotatable bonds is 2. The third-order valence-electron chi connectivity index (χ3n) is 2.24. The standard InChI is InChI=1S/C12H11BrClIS/c1-8-6-10(7-9(2)12(8)14)15(13)11-4-3-5-16-11/h3-7H,1-2H3. The number of thiophene rings is 1. The Balaban J connectivity index is 2.42. The molecule has 2 rings (SSSR count). The van der Waals surface area contributed by atoms with E-state index in [1.807, 2.05) is 11.3 Å². The van der Waals surface area contributed by atoms with Crippen LogP contribution in [0.3, 0.4) is 0 Å². The van der Waals surface area contributed by atoms with Crippen LogP contribution in [0.4, 0.5) is 0 Å². The van der Waals surface area contributed by atoms with E-state index in [9.17, 15) is 0 Å². The fourth-order valence-corrected chi connectivity index (χ4v) is 9.66. The summed E-state index contributed by atoms with van der Waals surface area (Å²) in [4.78, 5) is 0. The van der Waals surface area contributed by atoms with Gasteiger partial charge in [-0.05, 0) is 0 Å². The van der Waals surface area contributed by atoms with Gasteiger partial charge in [-0.25, -0.2) is 0 Å². The summed E-state index contributed by atoms with van der Waals surface area (Å²) in [7, 11) is 0. The molecule has 0 amide bonds. The van der Waals surface area contributed by atoms with Crippen LogP contribution in [0, 0.1) is 20.3 Å². The zero-order valence-corrected chi connectivity index (χ0v) is 14.2. The van der Waals surface area contributed by atoms with E-state index in [1.54, 1.807) is 0 Å². The monoisotopic (exact) mass is 428 g/mol. The second-order valence-corrected chi connectivity index (χ2v) is 13.3. The summed E-state index contributed by atoms with van der Waals surface area (Å²) >= 11 is 10.5. The van der Waals surface area contributed by atoms with Gasteiger partial charge in [-0.3, -0.25) is 0 Å². The first-order chi connectivity index (χ1) is 7.59. The Morgan fingerprint density at radius 1 is 1.25 bits per heavy atom. The molecular weight excluding hydrogens is 418 g/mol. The molecule has 0 unspecified atom stereocenters. The minimum atomic E-state index is -1.36. The molecule has 0 bridgehead atoms. The van der Waals surface area contributed by atoms with Crippen molar-refractivity contribution in [2.24, 2.45) is 0 Å². The van der Waals surface area contributed by atoms with E-state index >= 15 is 0 Å². The van der Waals surface area contributed by atoms with E-state index in [0.717, 1.165) is 5.02 Å². The summed E-state index contributed by atoms with van der Waals surface area (Å²) in [6, 6.07) is 8.76. The van der Waals surface area contributed by atoms with Crippen molar-refractivity contribution in [3.05, 3.63) is 52.2 Å². The van der Waals surface area contributed by atoms with Crippen molar-refractivity contribution in [2.45, 2.75) is 13.8 Å². The molecule has 0 radical (unpaired) electrons. The average molecular weight is 430 g/mol. The van der Waals surface area contributed by atoms with Gasteiger partial charge >= 0.3 is 119 Å². The molecule has 0 spiro atoms. The van der Waals surface area contributed by atoms with Gasteiger partial charge in [0, 0.05) is 0 Å². The fourth-order valence-electron chi connectivity index (χ4n) is 1.45. The van der Waals surface area contributed by atoms with Gasteiger partial charge in [0.05, 0.1) is 0 Å². The third-order valence-corrected chi connectivity index (χ3v) is 14.1. The third kappa shape index (κ3) is 2.63. The Morgan fingerprint density at radius 2 is 1.88 bits per heavy atom. The van der Waals surface area contributed by atoms with Gasteiger partial charge in [0.15, 0.2) is 0 Å². The van der Waals surface area contributed by atoms with Crippen molar-refractivity contribution in [3.63, 3.8) is 0 Å². The summed E-state index contributed by atoms with van der Waals surface area (Å²) < 4.78 is 2.90. The molecule has 0 aliphatic rings. The second kappa shape index (κ2) is 5.38. The zero-order valence-electron chi connectivity index (χ0n) is 8.93. The van der Waals surface area contributed by atoms with Gasteiger partial charge < -0.3 is 0 Å². The summed E-state index contributed by atoms with van der Waals surface area (Å²) in [6.07, 6.45) is 0. The molecule has 4 heteroatoms. The topological polar surface area (TPSA) is 0 Å². The van der Waals surface area contributed by atoms with Crippen LogP contribution in [0.1, 0.15) is 11.1 Å². The molecule has 0 saturated carbocycles. The van der Waals surface area contributed by atoms with Gasteiger partial charge in [0.25, 0.3) is 0 Å². The molecule has 0 fully saturated rings. The summed E-state index contributed by atoms with van der Waals surface area (Å²) in [5, 5.41) is 3.03. The van der Waals surface area contributed by atoms with Crippen LogP contribution < -0.4 is 0 Å². The molecule has 16 heavy (non-hydrogen) atoms. The first kappa shape index (κ1) is 12.9. The molecule has 1 heterocycles. The summed E-state index contributed by atoms with van der Waals surface area (Å²) in [5.41, 5.74) is 2.35. The van der Waals surface area contributed by atoms with Crippen molar-refractivity contribution in [2.75, 3.05) is 0 Å². The first-order valence-corrected chi connectivity index (χ1v) is 13.0. The van der Waals surface area contributed by atoms with Crippen LogP contribution in [0.15, 0.2) is 29.6 Å². The molecule has 0 nitrogen and oxygen atoms in total. The van der Waals surface area contributed by atoms with Gasteiger partial charge in [-0.2, -0.15) is 0 Å². The quantitative estimate of drug-likeness (QED) is 0.524. The van der Waals surface area contributed by atoms with Gasteiger partial charge in [-0.15, -0.1) is 0 Å². The van der Waals surface area contributed by atoms with Gasteiger partial charge in [0.2, 0.25) is 0 Å². The Bertz CT molecular complexity index is 473. The van der Waals surface area contributed by atoms with Crippen molar-refractivity contribution in [1.29, 1.82) is 0 Å². The normalized spacial score (nSPS) is 11.6. The number of halogens is 3. The van der Waals surface area contributed by atoms with E-state index < -0.39 is 17.6 Å². The minimum absolute atomic E-state index is 0.895. The van der Waals surface area contributed by atoms with E-state index in [2.05, 4.69) is 56.2 Å². The summed E-state index contributed by atoms with van der Waals surface area (Å²) in [6.45, 7) is 4.15. The van der Waals surface area contributed by atoms with E-state index in [1.165, 1.54) is 17.6 Å². The van der Waals surface area contributed by atoms with Crippen LogP contribution >= 0.6 is 53.2 Å². The van der Waals surface area contributed by atoms with Crippen LogP contribution in [0.25, 0.3) is 0 Å². The molecular formula is C12H11BrClIS. The second-order valence-electron chi connectivity index (χ2n) is 3.51. The van der Waals surface area contributed by atoms with E-state index in [-0.39, 0.29) is 0 Å². The number of benzene rings is 1. The zero-order chi connectivity index (χ0) is 11.7. The molecule has 0 N–H and O–H groups in total. The molecule has 0 atom stereocenters. The average Bonchev–Trinajstić information content (AvgIpc) is 2.77. The SMILES string of the molecule is Cc1cc(I(Br)c2cccs2)cc(C)c1Cl.